The van der Waals surface area contributed by atoms with Crippen LogP contribution in [-0.2, 0) is 9.53 Å². The maximum atomic E-state index is 15.6. The van der Waals surface area contributed by atoms with Crippen molar-refractivity contribution in [3.05, 3.63) is 71.8 Å². The molecular formula is C32H31F2N3O5. The number of ether oxygens (including phenoxy) is 2. The number of amides is 1. The Morgan fingerprint density at radius 1 is 0.905 bits per heavy atom. The normalized spacial score (nSPS) is 19.5. The van der Waals surface area contributed by atoms with E-state index < -0.39 is 17.6 Å². The highest BCUT2D eigenvalue weighted by Crippen LogP contribution is 2.34. The minimum atomic E-state index is -0.807. The van der Waals surface area contributed by atoms with Crippen LogP contribution in [0.15, 0.2) is 54.6 Å². The fraction of sp³-hybridized carbons (Fsp3) is 0.344. The molecule has 4 aromatic rings. The predicted molar refractivity (Wildman–Crippen MR) is 152 cm³/mol. The molecule has 1 saturated heterocycles. The molecule has 0 unspecified atom stereocenters. The molecule has 3 N–H and O–H groups in total. The predicted octanol–water partition coefficient (Wildman–Crippen LogP) is 6.11. The first-order valence-corrected chi connectivity index (χ1v) is 14.2. The molecule has 10 heteroatoms. The van der Waals surface area contributed by atoms with E-state index in [1.54, 1.807) is 36.4 Å². The molecule has 1 aliphatic carbocycles. The zero-order chi connectivity index (χ0) is 29.2. The van der Waals surface area contributed by atoms with Crippen molar-refractivity contribution in [3.8, 4) is 28.3 Å². The molecule has 3 aromatic carbocycles. The van der Waals surface area contributed by atoms with E-state index in [2.05, 4.69) is 15.3 Å². The van der Waals surface area contributed by atoms with Crippen LogP contribution in [0.5, 0.6) is 6.01 Å². The van der Waals surface area contributed by atoms with Gasteiger partial charge in [0.15, 0.2) is 5.82 Å². The number of carboxylic acids is 1. The Kier molecular flexibility index (Phi) is 7.88. The van der Waals surface area contributed by atoms with Crippen LogP contribution in [0.25, 0.3) is 33.3 Å². The number of hydrogen-bond donors (Lipinski definition) is 3. The number of nitrogens with one attached hydrogen (secondary N) is 2. The summed E-state index contributed by atoms with van der Waals surface area (Å²) < 4.78 is 41.9. The number of carboxylic acid groups (broad SMARTS) is 1. The quantitative estimate of drug-likeness (QED) is 0.245. The second kappa shape index (κ2) is 11.9. The highest BCUT2D eigenvalue weighted by molar-refractivity contribution is 5.95. The number of fused-ring (bicyclic) bond motifs is 1. The van der Waals surface area contributed by atoms with Crippen LogP contribution >= 0.6 is 0 Å². The summed E-state index contributed by atoms with van der Waals surface area (Å²) in [6.45, 7) is 1.30. The van der Waals surface area contributed by atoms with Crippen LogP contribution in [0.2, 0.25) is 0 Å². The molecule has 0 atom stereocenters. The van der Waals surface area contributed by atoms with E-state index in [4.69, 9.17) is 9.47 Å². The summed E-state index contributed by atoms with van der Waals surface area (Å²) in [5, 5.41) is 12.2. The van der Waals surface area contributed by atoms with Crippen LogP contribution in [0.1, 0.15) is 48.9 Å². The first-order chi connectivity index (χ1) is 20.4. The lowest BCUT2D eigenvalue weighted by molar-refractivity contribution is -0.143. The van der Waals surface area contributed by atoms with Gasteiger partial charge in [-0.25, -0.2) is 8.78 Å². The van der Waals surface area contributed by atoms with Crippen LogP contribution in [0, 0.1) is 17.6 Å². The molecule has 1 aliphatic heterocycles. The Bertz CT molecular complexity index is 1590. The first kappa shape index (κ1) is 27.8. The fourth-order valence-electron chi connectivity index (χ4n) is 5.72. The van der Waals surface area contributed by atoms with E-state index in [1.165, 1.54) is 6.07 Å². The third kappa shape index (κ3) is 5.85. The van der Waals surface area contributed by atoms with Gasteiger partial charge in [0.2, 0.25) is 0 Å². The van der Waals surface area contributed by atoms with E-state index in [0.29, 0.717) is 50.0 Å². The number of carbonyl (C=O) groups excluding carboxylic acids is 1. The molecule has 2 fully saturated rings. The summed E-state index contributed by atoms with van der Waals surface area (Å²) in [7, 11) is 0. The smallest absolute Gasteiger partial charge is 0.306 e. The molecule has 0 radical (unpaired) electrons. The van der Waals surface area contributed by atoms with E-state index in [1.807, 2.05) is 12.1 Å². The maximum Gasteiger partial charge on any atom is 0.306 e. The van der Waals surface area contributed by atoms with Crippen LogP contribution in [-0.4, -0.2) is 52.3 Å². The number of aromatic amines is 1. The third-order valence-corrected chi connectivity index (χ3v) is 8.16. The maximum absolute atomic E-state index is 15.6. The zero-order valence-electron chi connectivity index (χ0n) is 22.9. The van der Waals surface area contributed by atoms with Gasteiger partial charge in [0.1, 0.15) is 17.4 Å². The van der Waals surface area contributed by atoms with Gasteiger partial charge in [-0.15, -0.1) is 0 Å². The number of nitrogens with zero attached hydrogens (tertiary/aromatic N) is 1. The highest BCUT2D eigenvalue weighted by Gasteiger charge is 2.28. The molecule has 6 rings (SSSR count). The van der Waals surface area contributed by atoms with E-state index in [-0.39, 0.29) is 46.6 Å². The lowest BCUT2D eigenvalue weighted by Crippen LogP contribution is -2.38. The number of imidazole rings is 1. The summed E-state index contributed by atoms with van der Waals surface area (Å²) in [6, 6.07) is 15.5. The number of hydrogen-bond acceptors (Lipinski definition) is 5. The zero-order valence-corrected chi connectivity index (χ0v) is 22.9. The minimum absolute atomic E-state index is 0.0284. The molecule has 2 aliphatic rings. The average Bonchev–Trinajstić information content (AvgIpc) is 3.41. The van der Waals surface area contributed by atoms with Crippen molar-refractivity contribution >= 4 is 22.9 Å². The van der Waals surface area contributed by atoms with Crippen LogP contribution in [0.4, 0.5) is 8.78 Å². The van der Waals surface area contributed by atoms with Gasteiger partial charge in [0.25, 0.3) is 11.9 Å². The Morgan fingerprint density at radius 2 is 1.52 bits per heavy atom. The number of benzene rings is 3. The number of H-pyrrole nitrogens is 1. The topological polar surface area (TPSA) is 114 Å². The van der Waals surface area contributed by atoms with Gasteiger partial charge in [-0.2, -0.15) is 4.98 Å². The van der Waals surface area contributed by atoms with Gasteiger partial charge >= 0.3 is 5.97 Å². The number of aromatic nitrogens is 2. The summed E-state index contributed by atoms with van der Waals surface area (Å²) in [6.07, 6.45) is 3.46. The van der Waals surface area contributed by atoms with Gasteiger partial charge in [0.05, 0.1) is 17.0 Å². The van der Waals surface area contributed by atoms with E-state index >= 15 is 8.78 Å². The van der Waals surface area contributed by atoms with E-state index in [9.17, 15) is 14.7 Å². The Balaban J connectivity index is 1.16. The molecule has 8 nitrogen and oxygen atoms in total. The summed E-state index contributed by atoms with van der Waals surface area (Å²) in [4.78, 5) is 30.9. The standard InChI is InChI=1S/C32H31F2N3O5/c33-25-17-26-29(37-32(36-26)42-24-11-9-22(10-12-24)31(39)40)28(34)27(25)20-5-1-18(2-6-20)19-3-7-21(8-4-19)30(38)35-23-13-15-41-16-14-23/h1-8,17,22-24H,9-16H2,(H,35,38)(H,36,37)(H,39,40). The molecule has 1 saturated carbocycles. The Morgan fingerprint density at radius 3 is 2.17 bits per heavy atom. The van der Waals surface area contributed by atoms with Gasteiger partial charge < -0.3 is 24.9 Å². The number of rotatable bonds is 7. The number of carbonyl (C=O) groups is 2. The second-order valence-electron chi connectivity index (χ2n) is 10.9. The first-order valence-electron chi connectivity index (χ1n) is 14.2. The molecule has 0 bridgehead atoms. The number of halogens is 2. The minimum Gasteiger partial charge on any atom is -0.481 e. The summed E-state index contributed by atoms with van der Waals surface area (Å²) in [5.74, 6) is -2.83. The van der Waals surface area contributed by atoms with Crippen molar-refractivity contribution in [2.45, 2.75) is 50.7 Å². The fourth-order valence-corrected chi connectivity index (χ4v) is 5.72. The van der Waals surface area contributed by atoms with E-state index in [0.717, 1.165) is 24.0 Å². The van der Waals surface area contributed by atoms with Crippen LogP contribution in [0.3, 0.4) is 0 Å². The van der Waals surface area contributed by atoms with Crippen molar-refractivity contribution in [3.63, 3.8) is 0 Å². The van der Waals surface area contributed by atoms with Crippen molar-refractivity contribution < 1.29 is 33.0 Å². The largest absolute Gasteiger partial charge is 0.481 e. The SMILES string of the molecule is O=C(NC1CCOCC1)c1ccc(-c2ccc(-c3c(F)cc4[nH]c(OC5CCC(C(=O)O)CC5)nc4c3F)cc2)cc1. The van der Waals surface area contributed by atoms with Crippen LogP contribution < -0.4 is 10.1 Å². The molecule has 218 valence electrons. The third-order valence-electron chi connectivity index (χ3n) is 8.16. The summed E-state index contributed by atoms with van der Waals surface area (Å²) >= 11 is 0. The molecule has 1 amide bonds. The highest BCUT2D eigenvalue weighted by atomic mass is 19.1. The molecule has 0 spiro atoms. The van der Waals surface area contributed by atoms with Gasteiger partial charge in [-0.05, 0) is 67.3 Å². The van der Waals surface area contributed by atoms with Gasteiger partial charge in [-0.1, -0.05) is 36.4 Å². The molecule has 2 heterocycles. The number of aliphatic carboxylic acids is 1. The van der Waals surface area contributed by atoms with Gasteiger partial charge in [-0.3, -0.25) is 9.59 Å². The monoisotopic (exact) mass is 575 g/mol. The van der Waals surface area contributed by atoms with Crippen molar-refractivity contribution in [1.82, 2.24) is 15.3 Å². The lowest BCUT2D eigenvalue weighted by atomic mass is 9.87. The molecule has 1 aromatic heterocycles. The van der Waals surface area contributed by atoms with Crippen molar-refractivity contribution in [2.75, 3.05) is 13.2 Å². The lowest BCUT2D eigenvalue weighted by Gasteiger charge is -2.25. The van der Waals surface area contributed by atoms with Crippen molar-refractivity contribution in [1.29, 1.82) is 0 Å². The Hall–Kier alpha value is -4.31. The van der Waals surface area contributed by atoms with Gasteiger partial charge in [0, 0.05) is 30.9 Å². The molecule has 42 heavy (non-hydrogen) atoms. The summed E-state index contributed by atoms with van der Waals surface area (Å²) in [5.41, 5.74) is 2.60. The Labute approximate surface area is 241 Å². The average molecular weight is 576 g/mol. The second-order valence-corrected chi connectivity index (χ2v) is 10.9. The molecular weight excluding hydrogens is 544 g/mol. The van der Waals surface area contributed by atoms with Crippen molar-refractivity contribution in [2.24, 2.45) is 5.92 Å².